The van der Waals surface area contributed by atoms with Gasteiger partial charge in [-0.25, -0.2) is 25.8 Å². The van der Waals surface area contributed by atoms with Crippen LogP contribution in [-0.2, 0) is 30.4 Å². The quantitative estimate of drug-likeness (QED) is 0.0965. The highest BCUT2D eigenvalue weighted by Gasteiger charge is 2.56. The first-order valence-corrected chi connectivity index (χ1v) is 16.9. The molecule has 45 heavy (non-hydrogen) atoms. The number of hydrogen-bond acceptors (Lipinski definition) is 8. The second-order valence-corrected chi connectivity index (χ2v) is 13.2. The molecule has 2 fully saturated rings. The fourth-order valence-electron chi connectivity index (χ4n) is 7.24. The van der Waals surface area contributed by atoms with Gasteiger partial charge in [0.25, 0.3) is 0 Å². The van der Waals surface area contributed by atoms with E-state index in [1.54, 1.807) is 0 Å². The van der Waals surface area contributed by atoms with Crippen LogP contribution < -0.4 is 16.7 Å². The molecule has 2 aliphatic rings. The normalized spacial score (nSPS) is 20.2. The molecule has 0 radical (unpaired) electrons. The second-order valence-electron chi connectivity index (χ2n) is 13.2. The number of aryl methyl sites for hydroxylation is 1. The molecule has 1 aliphatic heterocycles. The summed E-state index contributed by atoms with van der Waals surface area (Å²) in [5.41, 5.74) is 4.19. The molecule has 4 rings (SSSR count). The minimum Gasteiger partial charge on any atom is -0.350 e. The Morgan fingerprint density at radius 2 is 1.82 bits per heavy atom. The number of benzene rings is 1. The zero-order chi connectivity index (χ0) is 32.1. The number of amides is 2. The van der Waals surface area contributed by atoms with Gasteiger partial charge in [0.15, 0.2) is 12.1 Å². The van der Waals surface area contributed by atoms with E-state index in [0.29, 0.717) is 44.6 Å². The first kappa shape index (κ1) is 34.7. The van der Waals surface area contributed by atoms with Crippen LogP contribution in [0.4, 0.5) is 0 Å². The first-order valence-electron chi connectivity index (χ1n) is 16.9. The van der Waals surface area contributed by atoms with Crippen molar-refractivity contribution in [2.45, 2.75) is 116 Å². The largest absolute Gasteiger partial charge is 0.350 e. The molecular weight excluding hydrogens is 572 g/mol. The van der Waals surface area contributed by atoms with Crippen LogP contribution >= 0.6 is 0 Å². The van der Waals surface area contributed by atoms with Gasteiger partial charge in [-0.3, -0.25) is 19.8 Å². The third-order valence-corrected chi connectivity index (χ3v) is 9.48. The summed E-state index contributed by atoms with van der Waals surface area (Å²) in [4.78, 5) is 53.3. The van der Waals surface area contributed by atoms with E-state index >= 15 is 4.79 Å². The molecule has 1 saturated carbocycles. The van der Waals surface area contributed by atoms with Gasteiger partial charge in [-0.1, -0.05) is 89.1 Å². The number of hydrazine groups is 1. The number of carbonyl (C=O) groups excluding carboxylic acids is 3. The van der Waals surface area contributed by atoms with Gasteiger partial charge in [-0.05, 0) is 55.9 Å². The molecule has 1 aliphatic carbocycles. The average Bonchev–Trinajstić information content (AvgIpc) is 3.60. The zero-order valence-electron chi connectivity index (χ0n) is 27.0. The molecule has 1 saturated heterocycles. The summed E-state index contributed by atoms with van der Waals surface area (Å²) in [6, 6.07) is 9.01. The number of ether oxygens (including phenoxy) is 1. The number of hydroxylamine groups is 1. The van der Waals surface area contributed by atoms with Crippen molar-refractivity contribution < 1.29 is 24.0 Å². The van der Waals surface area contributed by atoms with Gasteiger partial charge in [0.1, 0.15) is 24.1 Å². The molecule has 1 aromatic carbocycles. The summed E-state index contributed by atoms with van der Waals surface area (Å²) in [5.74, 6) is 3.75. The summed E-state index contributed by atoms with van der Waals surface area (Å²) >= 11 is 0. The lowest BCUT2D eigenvalue weighted by Crippen LogP contribution is -2.59. The number of nitrogens with zero attached hydrogens (tertiary/aromatic N) is 3. The topological polar surface area (TPSA) is 150 Å². The fraction of sp³-hybridized carbons (Fsp3) is 0.676. The van der Waals surface area contributed by atoms with E-state index in [4.69, 9.17) is 15.4 Å². The van der Waals surface area contributed by atoms with E-state index in [-0.39, 0.29) is 12.3 Å². The number of nitrogens with two attached hydrogens (primary N) is 1. The minimum absolute atomic E-state index is 0.104. The number of aromatic nitrogens is 3. The number of rotatable bonds is 17. The van der Waals surface area contributed by atoms with Crippen molar-refractivity contribution in [2.24, 2.45) is 29.0 Å². The molecule has 2 amide bonds. The van der Waals surface area contributed by atoms with Gasteiger partial charge in [0.05, 0.1) is 5.92 Å². The minimum atomic E-state index is -1.77. The summed E-state index contributed by atoms with van der Waals surface area (Å²) in [6.45, 7) is 4.45. The highest BCUT2D eigenvalue weighted by atomic mass is 16.8. The van der Waals surface area contributed by atoms with Gasteiger partial charge >= 0.3 is 0 Å². The molecule has 1 aromatic heterocycles. The summed E-state index contributed by atoms with van der Waals surface area (Å²) in [6.07, 6.45) is 13.9. The van der Waals surface area contributed by atoms with Crippen LogP contribution in [0.25, 0.3) is 0 Å². The third-order valence-electron chi connectivity index (χ3n) is 9.48. The fourth-order valence-corrected chi connectivity index (χ4v) is 7.24. The molecule has 0 spiro atoms. The molecule has 4 atom stereocenters. The van der Waals surface area contributed by atoms with Crippen molar-refractivity contribution in [2.75, 3.05) is 6.61 Å². The van der Waals surface area contributed by atoms with Crippen molar-refractivity contribution >= 4 is 17.6 Å². The van der Waals surface area contributed by atoms with E-state index in [2.05, 4.69) is 21.0 Å². The number of hydrogen-bond donors (Lipinski definition) is 3. The number of nitrogens with one attached hydrogen (secondary N) is 2. The van der Waals surface area contributed by atoms with Crippen LogP contribution in [0.1, 0.15) is 109 Å². The molecule has 248 valence electrons. The Balaban J connectivity index is 1.70. The molecule has 4 N–H and O–H groups in total. The van der Waals surface area contributed by atoms with Crippen molar-refractivity contribution in [1.82, 2.24) is 25.7 Å². The van der Waals surface area contributed by atoms with Crippen molar-refractivity contribution in [3.8, 4) is 0 Å². The maximum Gasteiger partial charge on any atom is 0.248 e. The molecule has 2 heterocycles. The lowest BCUT2D eigenvalue weighted by molar-refractivity contribution is -0.204. The van der Waals surface area contributed by atoms with Crippen molar-refractivity contribution in [3.63, 3.8) is 0 Å². The molecule has 2 unspecified atom stereocenters. The number of carbonyl (C=O) groups is 3. The first-order chi connectivity index (χ1) is 21.8. The summed E-state index contributed by atoms with van der Waals surface area (Å²) in [7, 11) is 0. The monoisotopic (exact) mass is 624 g/mol. The van der Waals surface area contributed by atoms with E-state index in [9.17, 15) is 9.59 Å². The van der Waals surface area contributed by atoms with Crippen LogP contribution in [0, 0.1) is 23.2 Å². The predicted molar refractivity (Wildman–Crippen MR) is 170 cm³/mol. The highest BCUT2D eigenvalue weighted by Crippen LogP contribution is 2.44. The summed E-state index contributed by atoms with van der Waals surface area (Å²) < 4.78 is 7.18. The van der Waals surface area contributed by atoms with Crippen LogP contribution in [0.3, 0.4) is 0 Å². The Bertz CT molecular complexity index is 1180. The van der Waals surface area contributed by atoms with Crippen LogP contribution in [-0.4, -0.2) is 45.3 Å². The molecule has 11 heteroatoms. The van der Waals surface area contributed by atoms with E-state index in [1.165, 1.54) is 49.4 Å². The Labute approximate surface area is 267 Å². The smallest absolute Gasteiger partial charge is 0.248 e. The van der Waals surface area contributed by atoms with E-state index in [1.807, 2.05) is 44.2 Å². The third kappa shape index (κ3) is 9.43. The average molecular weight is 625 g/mol. The Morgan fingerprint density at radius 1 is 1.07 bits per heavy atom. The molecule has 0 bridgehead atoms. The maximum absolute atomic E-state index is 15.1. The van der Waals surface area contributed by atoms with Crippen LogP contribution in [0.2, 0.25) is 0 Å². The van der Waals surface area contributed by atoms with Crippen LogP contribution in [0.15, 0.2) is 43.0 Å². The van der Waals surface area contributed by atoms with Crippen LogP contribution in [0.5, 0.6) is 0 Å². The second kappa shape index (κ2) is 17.5. The van der Waals surface area contributed by atoms with Gasteiger partial charge in [0.2, 0.25) is 11.8 Å². The molecular formula is C34H52N6O5. The zero-order valence-corrected chi connectivity index (χ0v) is 27.0. The van der Waals surface area contributed by atoms with Crippen molar-refractivity contribution in [1.29, 1.82) is 0 Å². The lowest BCUT2D eigenvalue weighted by Gasteiger charge is -2.40. The Kier molecular flexibility index (Phi) is 13.5. The standard InChI is InChI=1S/C34H52N6O5/c1-25(2)22-34(33(43)38-35,31(41)29(40-24-36-23-37-40)20-19-27-14-7-4-8-15-27)28(17-11-16-26-12-5-3-6-13-26)32(42)39-45-30-18-9-10-21-44-30/h4,7-8,14-15,23-26,28-30H,3,5-6,9-13,16-22,35H2,1-2H3,(H,38,43)(H,39,42)/t28-,29?,30?,34-/m1/s1. The maximum atomic E-state index is 15.1. The van der Waals surface area contributed by atoms with E-state index < -0.39 is 41.3 Å². The van der Waals surface area contributed by atoms with E-state index in [0.717, 1.165) is 24.8 Å². The van der Waals surface area contributed by atoms with Gasteiger partial charge in [-0.15, -0.1) is 0 Å². The predicted octanol–water partition coefficient (Wildman–Crippen LogP) is 4.98. The SMILES string of the molecule is CC(C)C[C@](C(=O)NN)(C(=O)C(CCc1ccccc1)n1cncn1)[C@H](CCCC1CCCCC1)C(=O)NOC1CCCCO1. The summed E-state index contributed by atoms with van der Waals surface area (Å²) in [5, 5.41) is 4.33. The van der Waals surface area contributed by atoms with Gasteiger partial charge < -0.3 is 4.74 Å². The number of ketones is 1. The lowest BCUT2D eigenvalue weighted by atomic mass is 9.62. The highest BCUT2D eigenvalue weighted by molar-refractivity contribution is 6.10. The molecule has 2 aromatic rings. The Hall–Kier alpha value is -3.15. The van der Waals surface area contributed by atoms with Gasteiger partial charge in [-0.2, -0.15) is 5.10 Å². The Morgan fingerprint density at radius 3 is 2.47 bits per heavy atom. The van der Waals surface area contributed by atoms with Crippen molar-refractivity contribution in [3.05, 3.63) is 48.5 Å². The number of Topliss-reactive ketones (excluding diaryl/α,β-unsaturated/α-hetero) is 1. The molecule has 11 nitrogen and oxygen atoms in total. The van der Waals surface area contributed by atoms with Gasteiger partial charge in [0, 0.05) is 13.0 Å².